The maximum absolute atomic E-state index is 13.2. The van der Waals surface area contributed by atoms with Gasteiger partial charge in [-0.3, -0.25) is 9.78 Å². The van der Waals surface area contributed by atoms with E-state index in [1.165, 1.54) is 19.5 Å². The van der Waals surface area contributed by atoms with Crippen molar-refractivity contribution in [1.29, 1.82) is 0 Å². The van der Waals surface area contributed by atoms with Crippen molar-refractivity contribution < 1.29 is 4.79 Å². The zero-order valence-electron chi connectivity index (χ0n) is 17.1. The minimum Gasteiger partial charge on any atom is -0.338 e. The summed E-state index contributed by atoms with van der Waals surface area (Å²) in [5.41, 5.74) is 1.15. The van der Waals surface area contributed by atoms with Crippen molar-refractivity contribution in [3.05, 3.63) is 65.3 Å². The first kappa shape index (κ1) is 19.7. The largest absolute Gasteiger partial charge is 0.338 e. The van der Waals surface area contributed by atoms with Gasteiger partial charge in [0.25, 0.3) is 5.91 Å². The summed E-state index contributed by atoms with van der Waals surface area (Å²) >= 11 is 3.42. The van der Waals surface area contributed by atoms with Crippen molar-refractivity contribution in [3.63, 3.8) is 0 Å². The summed E-state index contributed by atoms with van der Waals surface area (Å²) in [6, 6.07) is 17.0. The first-order chi connectivity index (χ1) is 14.7. The highest BCUT2D eigenvalue weighted by molar-refractivity contribution is 7.33. The third kappa shape index (κ3) is 3.87. The van der Waals surface area contributed by atoms with E-state index in [4.69, 9.17) is 0 Å². The lowest BCUT2D eigenvalue weighted by Gasteiger charge is -2.36. The summed E-state index contributed by atoms with van der Waals surface area (Å²) in [4.78, 5) is 22.9. The van der Waals surface area contributed by atoms with Gasteiger partial charge in [-0.1, -0.05) is 24.3 Å². The molecule has 4 nitrogen and oxygen atoms in total. The molecular formula is C24H25N3OS2. The topological polar surface area (TPSA) is 36.4 Å². The molecule has 1 saturated heterocycles. The lowest BCUT2D eigenvalue weighted by molar-refractivity contribution is 0.0648. The number of carbonyl (C=O) groups is 1. The Morgan fingerprint density at radius 2 is 1.90 bits per heavy atom. The van der Waals surface area contributed by atoms with Crippen molar-refractivity contribution in [1.82, 2.24) is 14.8 Å². The van der Waals surface area contributed by atoms with Crippen LogP contribution < -0.4 is 0 Å². The normalized spacial score (nSPS) is 15.8. The number of likely N-dealkylation sites (tertiary alicyclic amines) is 1. The van der Waals surface area contributed by atoms with Crippen LogP contribution in [0.3, 0.4) is 0 Å². The number of fused-ring (bicyclic) bond motifs is 3. The molecule has 0 N–H and O–H groups in total. The molecule has 0 aliphatic carbocycles. The number of hydrogen-bond donors (Lipinski definition) is 0. The first-order valence-electron chi connectivity index (χ1n) is 10.5. The Bertz CT molecular complexity index is 1160. The number of hydrogen-bond acceptors (Lipinski definition) is 5. The van der Waals surface area contributed by atoms with Gasteiger partial charge in [-0.2, -0.15) is 0 Å². The molecule has 0 bridgehead atoms. The van der Waals surface area contributed by atoms with Crippen molar-refractivity contribution in [3.8, 4) is 0 Å². The van der Waals surface area contributed by atoms with Crippen molar-refractivity contribution >= 4 is 48.1 Å². The van der Waals surface area contributed by atoms with Gasteiger partial charge in [0.1, 0.15) is 0 Å². The summed E-state index contributed by atoms with van der Waals surface area (Å²) in [6.45, 7) is 3.12. The molecule has 5 rings (SSSR count). The Labute approximate surface area is 184 Å². The third-order valence-electron chi connectivity index (χ3n) is 6.10. The fourth-order valence-electron chi connectivity index (χ4n) is 4.29. The molecule has 1 aliphatic rings. The zero-order chi connectivity index (χ0) is 20.5. The van der Waals surface area contributed by atoms with Crippen molar-refractivity contribution in [2.45, 2.75) is 25.3 Å². The van der Waals surface area contributed by atoms with Crippen LogP contribution in [0.4, 0.5) is 0 Å². The molecule has 30 heavy (non-hydrogen) atoms. The Morgan fingerprint density at radius 1 is 1.10 bits per heavy atom. The van der Waals surface area contributed by atoms with Crippen LogP contribution in [0.15, 0.2) is 54.7 Å². The van der Waals surface area contributed by atoms with Gasteiger partial charge in [0.2, 0.25) is 0 Å². The van der Waals surface area contributed by atoms with Gasteiger partial charge in [-0.15, -0.1) is 22.7 Å². The predicted octanol–water partition coefficient (Wildman–Crippen LogP) is 5.29. The summed E-state index contributed by atoms with van der Waals surface area (Å²) in [5, 5.41) is 1.27. The molecule has 1 aromatic carbocycles. The van der Waals surface area contributed by atoms with E-state index in [0.717, 1.165) is 49.5 Å². The van der Waals surface area contributed by atoms with E-state index >= 15 is 0 Å². The fraction of sp³-hybridized carbons (Fsp3) is 0.333. The number of nitrogens with zero attached hydrogens (tertiary/aromatic N) is 3. The molecule has 0 radical (unpaired) electrons. The van der Waals surface area contributed by atoms with E-state index in [1.807, 2.05) is 30.3 Å². The molecular weight excluding hydrogens is 410 g/mol. The van der Waals surface area contributed by atoms with Crippen LogP contribution in [0.25, 0.3) is 19.5 Å². The Kier molecular flexibility index (Phi) is 5.54. The van der Waals surface area contributed by atoms with Gasteiger partial charge < -0.3 is 9.80 Å². The van der Waals surface area contributed by atoms with Gasteiger partial charge >= 0.3 is 0 Å². The monoisotopic (exact) mass is 435 g/mol. The highest BCUT2D eigenvalue weighted by atomic mass is 32.1. The SMILES string of the molecule is CN(C(=O)c1cc2sc3ccccc3c2s1)C1CCN(CCc2ccccn2)CC1. The minimum absolute atomic E-state index is 0.166. The molecule has 1 amide bonds. The molecule has 4 heterocycles. The molecule has 0 unspecified atom stereocenters. The highest BCUT2D eigenvalue weighted by Gasteiger charge is 2.27. The van der Waals surface area contributed by atoms with Crippen LogP contribution in [-0.2, 0) is 6.42 Å². The first-order valence-corrected chi connectivity index (χ1v) is 12.1. The van der Waals surface area contributed by atoms with E-state index in [-0.39, 0.29) is 5.91 Å². The van der Waals surface area contributed by atoms with E-state index in [1.54, 1.807) is 22.7 Å². The van der Waals surface area contributed by atoms with Crippen molar-refractivity contribution in [2.75, 3.05) is 26.7 Å². The number of benzene rings is 1. The van der Waals surface area contributed by atoms with Crippen LogP contribution in [0, 0.1) is 0 Å². The highest BCUT2D eigenvalue weighted by Crippen LogP contribution is 2.39. The Hall–Kier alpha value is -2.28. The van der Waals surface area contributed by atoms with Crippen LogP contribution in [-0.4, -0.2) is 53.4 Å². The number of carbonyl (C=O) groups excluding carboxylic acids is 1. The molecule has 3 aromatic heterocycles. The van der Waals surface area contributed by atoms with E-state index in [0.29, 0.717) is 6.04 Å². The number of thiophene rings is 2. The summed E-state index contributed by atoms with van der Waals surface area (Å²) in [7, 11) is 1.97. The quantitative estimate of drug-likeness (QED) is 0.427. The summed E-state index contributed by atoms with van der Waals surface area (Å²) < 4.78 is 3.77. The number of amides is 1. The van der Waals surface area contributed by atoms with Crippen LogP contribution >= 0.6 is 22.7 Å². The maximum atomic E-state index is 13.2. The van der Waals surface area contributed by atoms with Gasteiger partial charge in [0.15, 0.2) is 0 Å². The standard InChI is InChI=1S/C24H25N3OS2/c1-26(18-10-14-27(15-11-18)13-9-17-6-4-5-12-25-17)24(28)22-16-21-23(30-22)19-7-2-3-8-20(19)29-21/h2-8,12,16,18H,9-11,13-15H2,1H3. The number of piperidine rings is 1. The van der Waals surface area contributed by atoms with Crippen LogP contribution in [0.1, 0.15) is 28.2 Å². The smallest absolute Gasteiger partial charge is 0.263 e. The number of rotatable bonds is 5. The van der Waals surface area contributed by atoms with Gasteiger partial charge in [-0.25, -0.2) is 0 Å². The molecule has 154 valence electrons. The second kappa shape index (κ2) is 8.46. The second-order valence-electron chi connectivity index (χ2n) is 7.96. The molecule has 1 aliphatic heterocycles. The van der Waals surface area contributed by atoms with Gasteiger partial charge in [0, 0.05) is 65.8 Å². The molecule has 1 fully saturated rings. The van der Waals surface area contributed by atoms with Gasteiger partial charge in [0.05, 0.1) is 9.58 Å². The van der Waals surface area contributed by atoms with Gasteiger partial charge in [-0.05, 0) is 37.1 Å². The number of aromatic nitrogens is 1. The molecule has 6 heteroatoms. The Balaban J connectivity index is 1.20. The van der Waals surface area contributed by atoms with Crippen molar-refractivity contribution in [2.24, 2.45) is 0 Å². The second-order valence-corrected chi connectivity index (χ2v) is 10.1. The van der Waals surface area contributed by atoms with Crippen LogP contribution in [0.2, 0.25) is 0 Å². The van der Waals surface area contributed by atoms with E-state index < -0.39 is 0 Å². The predicted molar refractivity (Wildman–Crippen MR) is 127 cm³/mol. The third-order valence-corrected chi connectivity index (χ3v) is 8.50. The average molecular weight is 436 g/mol. The average Bonchev–Trinajstić information content (AvgIpc) is 3.36. The van der Waals surface area contributed by atoms with E-state index in [2.05, 4.69) is 46.3 Å². The minimum atomic E-state index is 0.166. The zero-order valence-corrected chi connectivity index (χ0v) is 18.7. The summed E-state index contributed by atoms with van der Waals surface area (Å²) in [5.74, 6) is 0.166. The summed E-state index contributed by atoms with van der Waals surface area (Å²) in [6.07, 6.45) is 4.92. The molecule has 4 aromatic rings. The maximum Gasteiger partial charge on any atom is 0.263 e. The molecule has 0 spiro atoms. The molecule has 0 saturated carbocycles. The number of pyridine rings is 1. The van der Waals surface area contributed by atoms with E-state index in [9.17, 15) is 4.79 Å². The van der Waals surface area contributed by atoms with Crippen LogP contribution in [0.5, 0.6) is 0 Å². The molecule has 0 atom stereocenters. The fourth-order valence-corrected chi connectivity index (χ4v) is 6.80. The Morgan fingerprint density at radius 3 is 2.70 bits per heavy atom. The lowest BCUT2D eigenvalue weighted by Crippen LogP contribution is -2.45. The lowest BCUT2D eigenvalue weighted by atomic mass is 10.0.